The smallest absolute Gasteiger partial charge is 0.261 e. The van der Waals surface area contributed by atoms with Crippen LogP contribution in [0.1, 0.15) is 30.1 Å². The molecule has 22 heavy (non-hydrogen) atoms. The van der Waals surface area contributed by atoms with Crippen molar-refractivity contribution in [2.24, 2.45) is 5.92 Å². The molecule has 5 heteroatoms. The molecule has 0 saturated carbocycles. The molecule has 122 valence electrons. The number of carbonyl (C=O) groups excluding carboxylic acids is 1. The van der Waals surface area contributed by atoms with Crippen molar-refractivity contribution in [2.45, 2.75) is 19.8 Å². The second kappa shape index (κ2) is 8.03. The molecule has 5 nitrogen and oxygen atoms in total. The van der Waals surface area contributed by atoms with Gasteiger partial charge in [-0.3, -0.25) is 4.79 Å². The fourth-order valence-corrected chi connectivity index (χ4v) is 2.89. The molecule has 0 spiro atoms. The van der Waals surface area contributed by atoms with Crippen LogP contribution in [-0.2, 0) is 4.74 Å². The predicted molar refractivity (Wildman–Crippen MR) is 84.7 cm³/mol. The molecule has 1 aromatic carbocycles. The molecule has 1 unspecified atom stereocenters. The Labute approximate surface area is 132 Å². The van der Waals surface area contributed by atoms with Crippen LogP contribution in [-0.4, -0.2) is 51.3 Å². The third kappa shape index (κ3) is 3.71. The van der Waals surface area contributed by atoms with Crippen molar-refractivity contribution < 1.29 is 19.0 Å². The Morgan fingerprint density at radius 2 is 1.95 bits per heavy atom. The summed E-state index contributed by atoms with van der Waals surface area (Å²) in [6.45, 7) is 4.91. The molecule has 1 saturated heterocycles. The molecule has 0 aliphatic carbocycles. The standard InChI is InChI=1S/C17H25NO4/c1-4-22-12-13-7-6-10-18(11-13)17(19)16-14(20-2)8-5-9-15(16)21-3/h5,8-9,13H,4,6-7,10-12H2,1-3H3. The lowest BCUT2D eigenvalue weighted by molar-refractivity contribution is 0.0496. The molecule has 2 rings (SSSR count). The Morgan fingerprint density at radius 3 is 2.55 bits per heavy atom. The van der Waals surface area contributed by atoms with Gasteiger partial charge in [0, 0.05) is 19.7 Å². The lowest BCUT2D eigenvalue weighted by Gasteiger charge is -2.33. The van der Waals surface area contributed by atoms with Gasteiger partial charge < -0.3 is 19.1 Å². The van der Waals surface area contributed by atoms with Gasteiger partial charge in [-0.25, -0.2) is 0 Å². The van der Waals surface area contributed by atoms with Crippen LogP contribution in [0, 0.1) is 5.92 Å². The van der Waals surface area contributed by atoms with E-state index in [0.29, 0.717) is 36.2 Å². The van der Waals surface area contributed by atoms with Crippen molar-refractivity contribution in [3.05, 3.63) is 23.8 Å². The Kier molecular flexibility index (Phi) is 6.07. The molecule has 0 aromatic heterocycles. The molecular formula is C17H25NO4. The highest BCUT2D eigenvalue weighted by Gasteiger charge is 2.28. The Morgan fingerprint density at radius 1 is 1.27 bits per heavy atom. The summed E-state index contributed by atoms with van der Waals surface area (Å²) < 4.78 is 16.2. The first kappa shape index (κ1) is 16.6. The van der Waals surface area contributed by atoms with Crippen LogP contribution in [0.4, 0.5) is 0 Å². The highest BCUT2D eigenvalue weighted by Crippen LogP contribution is 2.31. The van der Waals surface area contributed by atoms with Crippen molar-refractivity contribution in [1.29, 1.82) is 0 Å². The van der Waals surface area contributed by atoms with E-state index in [9.17, 15) is 4.79 Å². The van der Waals surface area contributed by atoms with Crippen LogP contribution in [0.15, 0.2) is 18.2 Å². The van der Waals surface area contributed by atoms with Crippen LogP contribution in [0.3, 0.4) is 0 Å². The van der Waals surface area contributed by atoms with Crippen LogP contribution >= 0.6 is 0 Å². The van der Waals surface area contributed by atoms with Crippen LogP contribution in [0.5, 0.6) is 11.5 Å². The van der Waals surface area contributed by atoms with Gasteiger partial charge in [-0.1, -0.05) is 6.07 Å². The number of carbonyl (C=O) groups is 1. The molecule has 1 atom stereocenters. The fourth-order valence-electron chi connectivity index (χ4n) is 2.89. The van der Waals surface area contributed by atoms with Gasteiger partial charge in [-0.15, -0.1) is 0 Å². The van der Waals surface area contributed by atoms with Gasteiger partial charge in [-0.05, 0) is 37.8 Å². The quantitative estimate of drug-likeness (QED) is 0.810. The molecule has 1 aromatic rings. The zero-order chi connectivity index (χ0) is 15.9. The first-order valence-corrected chi connectivity index (χ1v) is 7.79. The molecule has 1 amide bonds. The molecule has 0 radical (unpaired) electrons. The van der Waals surface area contributed by atoms with Crippen molar-refractivity contribution in [1.82, 2.24) is 4.90 Å². The summed E-state index contributed by atoms with van der Waals surface area (Å²) in [5, 5.41) is 0. The molecule has 1 aliphatic heterocycles. The van der Waals surface area contributed by atoms with Crippen molar-refractivity contribution in [2.75, 3.05) is 40.5 Å². The molecule has 0 bridgehead atoms. The van der Waals surface area contributed by atoms with Crippen LogP contribution in [0.2, 0.25) is 0 Å². The maximum absolute atomic E-state index is 12.9. The van der Waals surface area contributed by atoms with E-state index in [1.807, 2.05) is 17.9 Å². The third-order valence-electron chi connectivity index (χ3n) is 4.01. The maximum atomic E-state index is 12.9. The normalized spacial score (nSPS) is 18.1. The fraction of sp³-hybridized carbons (Fsp3) is 0.588. The monoisotopic (exact) mass is 307 g/mol. The predicted octanol–water partition coefficient (Wildman–Crippen LogP) is 2.59. The van der Waals surface area contributed by atoms with E-state index >= 15 is 0 Å². The minimum atomic E-state index is -0.0319. The summed E-state index contributed by atoms with van der Waals surface area (Å²) >= 11 is 0. The van der Waals surface area contributed by atoms with Gasteiger partial charge in [0.25, 0.3) is 5.91 Å². The van der Waals surface area contributed by atoms with Crippen LogP contribution < -0.4 is 9.47 Å². The average Bonchev–Trinajstić information content (AvgIpc) is 2.58. The summed E-state index contributed by atoms with van der Waals surface area (Å²) in [7, 11) is 3.14. The first-order chi connectivity index (χ1) is 10.7. The number of piperidine rings is 1. The number of likely N-dealkylation sites (tertiary alicyclic amines) is 1. The van der Waals surface area contributed by atoms with E-state index < -0.39 is 0 Å². The van der Waals surface area contributed by atoms with Gasteiger partial charge in [0.2, 0.25) is 0 Å². The Bertz CT molecular complexity index is 481. The summed E-state index contributed by atoms with van der Waals surface area (Å²) in [6, 6.07) is 5.40. The lowest BCUT2D eigenvalue weighted by Crippen LogP contribution is -2.41. The first-order valence-electron chi connectivity index (χ1n) is 7.79. The molecule has 1 fully saturated rings. The van der Waals surface area contributed by atoms with Crippen molar-refractivity contribution >= 4 is 5.91 Å². The minimum Gasteiger partial charge on any atom is -0.496 e. The largest absolute Gasteiger partial charge is 0.496 e. The maximum Gasteiger partial charge on any atom is 0.261 e. The topological polar surface area (TPSA) is 48.0 Å². The molecular weight excluding hydrogens is 282 g/mol. The van der Waals surface area contributed by atoms with Crippen LogP contribution in [0.25, 0.3) is 0 Å². The zero-order valence-corrected chi connectivity index (χ0v) is 13.6. The number of hydrogen-bond donors (Lipinski definition) is 0. The summed E-state index contributed by atoms with van der Waals surface area (Å²) in [4.78, 5) is 14.8. The van der Waals surface area contributed by atoms with E-state index in [-0.39, 0.29) is 5.91 Å². The second-order valence-corrected chi connectivity index (χ2v) is 5.46. The van der Waals surface area contributed by atoms with Gasteiger partial charge in [0.05, 0.1) is 20.8 Å². The van der Waals surface area contributed by atoms with Crippen molar-refractivity contribution in [3.63, 3.8) is 0 Å². The summed E-state index contributed by atoms with van der Waals surface area (Å²) in [6.07, 6.45) is 2.10. The van der Waals surface area contributed by atoms with E-state index in [4.69, 9.17) is 14.2 Å². The molecule has 0 N–H and O–H groups in total. The third-order valence-corrected chi connectivity index (χ3v) is 4.01. The lowest BCUT2D eigenvalue weighted by atomic mass is 9.98. The summed E-state index contributed by atoms with van der Waals surface area (Å²) in [5.74, 6) is 1.47. The highest BCUT2D eigenvalue weighted by atomic mass is 16.5. The number of benzene rings is 1. The van der Waals surface area contributed by atoms with E-state index in [1.165, 1.54) is 0 Å². The number of nitrogens with zero attached hydrogens (tertiary/aromatic N) is 1. The second-order valence-electron chi connectivity index (χ2n) is 5.46. The Balaban J connectivity index is 2.17. The zero-order valence-electron chi connectivity index (χ0n) is 13.6. The van der Waals surface area contributed by atoms with Gasteiger partial charge >= 0.3 is 0 Å². The molecule has 1 heterocycles. The number of amides is 1. The van der Waals surface area contributed by atoms with Gasteiger partial charge in [0.1, 0.15) is 17.1 Å². The highest BCUT2D eigenvalue weighted by molar-refractivity contribution is 5.99. The van der Waals surface area contributed by atoms with E-state index in [1.54, 1.807) is 26.4 Å². The van der Waals surface area contributed by atoms with E-state index in [2.05, 4.69) is 0 Å². The minimum absolute atomic E-state index is 0.0319. The van der Waals surface area contributed by atoms with Gasteiger partial charge in [0.15, 0.2) is 0 Å². The SMILES string of the molecule is CCOCC1CCCN(C(=O)c2c(OC)cccc2OC)C1. The van der Waals surface area contributed by atoms with Crippen molar-refractivity contribution in [3.8, 4) is 11.5 Å². The number of rotatable bonds is 6. The Hall–Kier alpha value is -1.75. The number of hydrogen-bond acceptors (Lipinski definition) is 4. The molecule has 1 aliphatic rings. The van der Waals surface area contributed by atoms with Gasteiger partial charge in [-0.2, -0.15) is 0 Å². The average molecular weight is 307 g/mol. The number of ether oxygens (including phenoxy) is 3. The number of methoxy groups -OCH3 is 2. The summed E-state index contributed by atoms with van der Waals surface area (Å²) in [5.41, 5.74) is 0.504. The van der Waals surface area contributed by atoms with E-state index in [0.717, 1.165) is 25.9 Å².